The van der Waals surface area contributed by atoms with E-state index in [2.05, 4.69) is 67.6 Å². The van der Waals surface area contributed by atoms with Gasteiger partial charge in [-0.15, -0.1) is 0 Å². The molecule has 1 amide bonds. The van der Waals surface area contributed by atoms with Gasteiger partial charge in [-0.1, -0.05) is 84.4 Å². The van der Waals surface area contributed by atoms with E-state index in [4.69, 9.17) is 17.3 Å². The quantitative estimate of drug-likeness (QED) is 0.362. The Labute approximate surface area is 213 Å². The number of carbonyl (C=O) groups excluding carboxylic acids is 1. The van der Waals surface area contributed by atoms with Crippen molar-refractivity contribution in [3.63, 3.8) is 0 Å². The summed E-state index contributed by atoms with van der Waals surface area (Å²) in [7, 11) is 0. The Morgan fingerprint density at radius 2 is 1.60 bits per heavy atom. The number of carbonyl (C=O) groups is 1. The van der Waals surface area contributed by atoms with E-state index in [1.165, 1.54) is 11.1 Å². The van der Waals surface area contributed by atoms with Crippen LogP contribution in [0, 0.1) is 0 Å². The molecule has 3 N–H and O–H groups in total. The van der Waals surface area contributed by atoms with Crippen molar-refractivity contribution < 1.29 is 14.4 Å². The highest BCUT2D eigenvalue weighted by Gasteiger charge is 2.52. The lowest BCUT2D eigenvalue weighted by atomic mass is 9.76. The predicted molar refractivity (Wildman–Crippen MR) is 142 cm³/mol. The summed E-state index contributed by atoms with van der Waals surface area (Å²) >= 11 is 6.14. The van der Waals surface area contributed by atoms with Gasteiger partial charge in [0.05, 0.1) is 19.1 Å². The minimum atomic E-state index is -0.934. The highest BCUT2D eigenvalue weighted by molar-refractivity contribution is 6.30. The third-order valence-electron chi connectivity index (χ3n) is 7.92. The second kappa shape index (κ2) is 10.9. The lowest BCUT2D eigenvalue weighted by Gasteiger charge is -2.56. The number of primary amides is 1. The van der Waals surface area contributed by atoms with Gasteiger partial charge in [-0.25, -0.2) is 0 Å². The van der Waals surface area contributed by atoms with E-state index in [9.17, 15) is 9.90 Å². The van der Waals surface area contributed by atoms with Crippen LogP contribution in [0.3, 0.4) is 0 Å². The molecule has 1 heterocycles. The summed E-state index contributed by atoms with van der Waals surface area (Å²) < 4.78 is 0.836. The van der Waals surface area contributed by atoms with Crippen molar-refractivity contribution in [1.29, 1.82) is 0 Å². The van der Waals surface area contributed by atoms with Crippen LogP contribution < -0.4 is 5.73 Å². The van der Waals surface area contributed by atoms with Crippen LogP contribution in [-0.2, 0) is 10.4 Å². The third-order valence-corrected chi connectivity index (χ3v) is 8.17. The van der Waals surface area contributed by atoms with Crippen molar-refractivity contribution in [1.82, 2.24) is 0 Å². The van der Waals surface area contributed by atoms with E-state index in [-0.39, 0.29) is 18.0 Å². The highest BCUT2D eigenvalue weighted by Crippen LogP contribution is 2.48. The average Bonchev–Trinajstić information content (AvgIpc) is 2.87. The lowest BCUT2D eigenvalue weighted by molar-refractivity contribution is -0.979. The fraction of sp³-hybridized carbons (Fsp3) is 0.367. The summed E-state index contributed by atoms with van der Waals surface area (Å²) in [6.45, 7) is 4.00. The minimum absolute atomic E-state index is 0.135. The largest absolute Gasteiger partial charge is 0.385 e. The molecule has 0 aromatic heterocycles. The van der Waals surface area contributed by atoms with E-state index in [0.29, 0.717) is 30.7 Å². The van der Waals surface area contributed by atoms with Gasteiger partial charge in [0, 0.05) is 41.8 Å². The molecule has 4 rings (SSSR count). The van der Waals surface area contributed by atoms with Crippen molar-refractivity contribution in [3.05, 3.63) is 107 Å². The molecule has 1 aliphatic heterocycles. The monoisotopic (exact) mass is 491 g/mol. The Morgan fingerprint density at radius 1 is 1.03 bits per heavy atom. The number of hydrogen-bond donors (Lipinski definition) is 2. The molecule has 35 heavy (non-hydrogen) atoms. The fourth-order valence-corrected chi connectivity index (χ4v) is 6.26. The fourth-order valence-electron chi connectivity index (χ4n) is 6.14. The van der Waals surface area contributed by atoms with Crippen LogP contribution in [0.4, 0.5) is 0 Å². The maximum Gasteiger partial charge on any atom is 0.217 e. The normalized spacial score (nSPS) is 24.4. The zero-order chi connectivity index (χ0) is 24.9. The number of benzene rings is 3. The van der Waals surface area contributed by atoms with Crippen LogP contribution >= 0.6 is 11.6 Å². The summed E-state index contributed by atoms with van der Waals surface area (Å²) in [6.07, 6.45) is 3.18. The Kier molecular flexibility index (Phi) is 7.95. The number of nitrogens with two attached hydrogens (primary N) is 1. The molecule has 0 aliphatic carbocycles. The summed E-state index contributed by atoms with van der Waals surface area (Å²) in [6, 6.07) is 29.3. The second-order valence-electron chi connectivity index (χ2n) is 9.87. The van der Waals surface area contributed by atoms with Crippen molar-refractivity contribution in [2.45, 2.75) is 56.7 Å². The lowest BCUT2D eigenvalue weighted by Crippen LogP contribution is -2.64. The number of amides is 1. The van der Waals surface area contributed by atoms with E-state index in [1.54, 1.807) is 0 Å². The van der Waals surface area contributed by atoms with Gasteiger partial charge >= 0.3 is 0 Å². The van der Waals surface area contributed by atoms with Gasteiger partial charge in [-0.05, 0) is 31.0 Å². The van der Waals surface area contributed by atoms with Crippen LogP contribution in [0.15, 0.2) is 84.9 Å². The maximum absolute atomic E-state index is 11.9. The predicted octanol–water partition coefficient (Wildman–Crippen LogP) is 5.97. The molecule has 1 aliphatic rings. The molecule has 1 fully saturated rings. The summed E-state index contributed by atoms with van der Waals surface area (Å²) in [4.78, 5) is 11.6. The number of piperidine rings is 1. The average molecular weight is 492 g/mol. The van der Waals surface area contributed by atoms with E-state index < -0.39 is 5.60 Å². The Hall–Kier alpha value is -2.66. The molecule has 5 heteroatoms. The number of nitrogens with zero attached hydrogens (tertiary/aromatic N) is 1. The number of hydrogen-bond acceptors (Lipinski definition) is 2. The number of aliphatic hydroxyl groups is 1. The SMILES string of the molecule is CC[N+]1(C(c2ccccc2)c2ccccc2)CCC(O)(c2ccc(Cl)cc2)CC1CCCC(N)=O. The van der Waals surface area contributed by atoms with Gasteiger partial charge in [-0.3, -0.25) is 4.79 Å². The molecule has 3 unspecified atom stereocenters. The number of likely N-dealkylation sites (tertiary alicyclic amines) is 1. The van der Waals surface area contributed by atoms with Gasteiger partial charge in [0.2, 0.25) is 5.91 Å². The van der Waals surface area contributed by atoms with Gasteiger partial charge in [0.25, 0.3) is 0 Å². The summed E-state index contributed by atoms with van der Waals surface area (Å²) in [5, 5.41) is 12.6. The second-order valence-corrected chi connectivity index (χ2v) is 10.3. The van der Waals surface area contributed by atoms with Crippen molar-refractivity contribution in [2.75, 3.05) is 13.1 Å². The molecule has 4 nitrogen and oxygen atoms in total. The maximum atomic E-state index is 11.9. The molecule has 1 saturated heterocycles. The number of quaternary nitrogens is 1. The van der Waals surface area contributed by atoms with Gasteiger partial charge in [0.1, 0.15) is 11.6 Å². The molecule has 3 aromatic rings. The molecule has 3 aromatic carbocycles. The van der Waals surface area contributed by atoms with Crippen LogP contribution in [0.25, 0.3) is 0 Å². The van der Waals surface area contributed by atoms with Crippen LogP contribution in [0.5, 0.6) is 0 Å². The van der Waals surface area contributed by atoms with Gasteiger partial charge < -0.3 is 15.3 Å². The smallest absolute Gasteiger partial charge is 0.217 e. The van der Waals surface area contributed by atoms with Gasteiger partial charge in [-0.2, -0.15) is 0 Å². The molecule has 184 valence electrons. The van der Waals surface area contributed by atoms with Crippen molar-refractivity contribution in [2.24, 2.45) is 5.73 Å². The zero-order valence-corrected chi connectivity index (χ0v) is 21.2. The Balaban J connectivity index is 1.78. The van der Waals surface area contributed by atoms with E-state index >= 15 is 0 Å². The molecule has 0 spiro atoms. The standard InChI is InChI=1S/C30H35ClN2O2/c1-2-33(29(23-10-5-3-6-11-23)24-12-7-4-8-13-24)21-20-30(35,25-16-18-26(31)19-17-25)22-27(33)14-9-15-28(32)34/h3-8,10-13,16-19,27,29,35H,2,9,14-15,20-22H2,1H3,(H-,32,34)/p+1. The van der Waals surface area contributed by atoms with E-state index in [0.717, 1.165) is 29.6 Å². The third kappa shape index (κ3) is 5.45. The molecular weight excluding hydrogens is 456 g/mol. The van der Waals surface area contributed by atoms with Crippen LogP contribution in [0.1, 0.15) is 61.8 Å². The minimum Gasteiger partial charge on any atom is -0.385 e. The van der Waals surface area contributed by atoms with Crippen molar-refractivity contribution >= 4 is 17.5 Å². The molecule has 0 bridgehead atoms. The number of rotatable bonds is 9. The zero-order valence-electron chi connectivity index (χ0n) is 20.4. The first-order valence-corrected chi connectivity index (χ1v) is 13.0. The molecular formula is C30H36ClN2O2+. The first-order valence-electron chi connectivity index (χ1n) is 12.6. The number of halogens is 1. The first kappa shape index (κ1) is 25.4. The summed E-state index contributed by atoms with van der Waals surface area (Å²) in [5.74, 6) is -0.272. The van der Waals surface area contributed by atoms with Crippen molar-refractivity contribution in [3.8, 4) is 0 Å². The Bertz CT molecular complexity index is 1070. The van der Waals surface area contributed by atoms with Gasteiger partial charge in [0.15, 0.2) is 0 Å². The molecule has 0 radical (unpaired) electrons. The summed E-state index contributed by atoms with van der Waals surface area (Å²) in [5.41, 5.74) is 8.03. The Morgan fingerprint density at radius 3 is 2.11 bits per heavy atom. The topological polar surface area (TPSA) is 63.3 Å². The highest BCUT2D eigenvalue weighted by atomic mass is 35.5. The first-order chi connectivity index (χ1) is 16.9. The molecule has 3 atom stereocenters. The molecule has 0 saturated carbocycles. The van der Waals surface area contributed by atoms with Crippen LogP contribution in [-0.4, -0.2) is 34.6 Å². The van der Waals surface area contributed by atoms with E-state index in [1.807, 2.05) is 24.3 Å². The van der Waals surface area contributed by atoms with Crippen LogP contribution in [0.2, 0.25) is 5.02 Å².